The average Bonchev–Trinajstić information content (AvgIpc) is 3.16. The molecule has 50 heavy (non-hydrogen) atoms. The molecule has 1 aliphatic carbocycles. The summed E-state index contributed by atoms with van der Waals surface area (Å²) in [6.45, 7) is 4.54. The van der Waals surface area contributed by atoms with Crippen molar-refractivity contribution in [3.8, 4) is 11.5 Å². The number of fused-ring (bicyclic) bond motifs is 2. The van der Waals surface area contributed by atoms with Crippen molar-refractivity contribution in [1.82, 2.24) is 0 Å². The first-order valence-electron chi connectivity index (χ1n) is 18.0. The van der Waals surface area contributed by atoms with E-state index in [1.54, 1.807) is 0 Å². The fraction of sp³-hybridized carbons (Fsp3) is 0.217. The predicted octanol–water partition coefficient (Wildman–Crippen LogP) is 8.50. The Hall–Kier alpha value is -4.22. The molecule has 0 radical (unpaired) electrons. The van der Waals surface area contributed by atoms with Gasteiger partial charge in [0.1, 0.15) is 11.5 Å². The highest BCUT2D eigenvalue weighted by molar-refractivity contribution is 7.80. The molecule has 2 atom stereocenters. The molecule has 3 aliphatic rings. The lowest BCUT2D eigenvalue weighted by molar-refractivity contribution is -0.225. The number of benzene rings is 6. The van der Waals surface area contributed by atoms with Gasteiger partial charge < -0.3 is 9.47 Å². The second-order valence-electron chi connectivity index (χ2n) is 14.1. The third-order valence-electron chi connectivity index (χ3n) is 11.0. The maximum atomic E-state index is 7.71. The quantitative estimate of drug-likeness (QED) is 0.164. The molecule has 0 aromatic heterocycles. The second-order valence-corrected chi connectivity index (χ2v) is 18.4. The first kappa shape index (κ1) is 31.7. The smallest absolute Gasteiger partial charge is 0.257 e. The van der Waals surface area contributed by atoms with Gasteiger partial charge in [0.05, 0.1) is 0 Å². The Balaban J connectivity index is 1.22. The Kier molecular flexibility index (Phi) is 8.35. The Morgan fingerprint density at radius 3 is 1.14 bits per heavy atom. The van der Waals surface area contributed by atoms with E-state index in [4.69, 9.17) is 9.47 Å². The third-order valence-corrected chi connectivity index (χ3v) is 16.3. The molecule has 2 nitrogen and oxygen atoms in total. The van der Waals surface area contributed by atoms with Crippen molar-refractivity contribution in [3.05, 3.63) is 168 Å². The van der Waals surface area contributed by atoms with Crippen molar-refractivity contribution in [2.45, 2.75) is 51.7 Å². The summed E-state index contributed by atoms with van der Waals surface area (Å²) in [5, 5.41) is 8.05. The summed E-state index contributed by atoms with van der Waals surface area (Å²) in [5.41, 5.74) is 5.23. The van der Waals surface area contributed by atoms with Gasteiger partial charge >= 0.3 is 0 Å². The topological polar surface area (TPSA) is 18.5 Å². The summed E-state index contributed by atoms with van der Waals surface area (Å²) in [6, 6.07) is 53.6. The molecule has 6 aromatic rings. The van der Waals surface area contributed by atoms with Crippen LogP contribution < -0.4 is 41.3 Å². The van der Waals surface area contributed by atoms with Gasteiger partial charge in [-0.3, -0.25) is 0 Å². The largest absolute Gasteiger partial charge is 0.451 e. The summed E-state index contributed by atoms with van der Waals surface area (Å²) >= 11 is 0. The molecule has 4 heteroatoms. The number of ether oxygens (including phenoxy) is 2. The summed E-state index contributed by atoms with van der Waals surface area (Å²) in [6.07, 6.45) is 5.41. The molecular formula is C46H42O2P2. The minimum absolute atomic E-state index is 0.296. The van der Waals surface area contributed by atoms with Gasteiger partial charge in [0.15, 0.2) is 0 Å². The molecule has 1 spiro atoms. The van der Waals surface area contributed by atoms with Crippen molar-refractivity contribution < 1.29 is 9.47 Å². The highest BCUT2D eigenvalue weighted by Gasteiger charge is 2.58. The van der Waals surface area contributed by atoms with Gasteiger partial charge in [-0.05, 0) is 98.8 Å². The first-order chi connectivity index (χ1) is 24.6. The Morgan fingerprint density at radius 1 is 0.460 bits per heavy atom. The van der Waals surface area contributed by atoms with Crippen molar-refractivity contribution in [1.29, 1.82) is 0 Å². The molecule has 0 amide bonds. The number of rotatable bonds is 6. The van der Waals surface area contributed by atoms with E-state index in [0.717, 1.165) is 37.2 Å². The molecule has 0 saturated heterocycles. The third kappa shape index (κ3) is 5.40. The highest BCUT2D eigenvalue weighted by atomic mass is 31.1. The zero-order valence-corrected chi connectivity index (χ0v) is 30.5. The van der Waals surface area contributed by atoms with E-state index in [2.05, 4.69) is 159 Å². The fourth-order valence-corrected chi connectivity index (χ4v) is 13.8. The molecule has 1 saturated carbocycles. The first-order valence-corrected chi connectivity index (χ1v) is 20.7. The van der Waals surface area contributed by atoms with E-state index < -0.39 is 21.6 Å². The van der Waals surface area contributed by atoms with Crippen LogP contribution in [0.25, 0.3) is 0 Å². The van der Waals surface area contributed by atoms with Gasteiger partial charge in [0.2, 0.25) is 0 Å². The monoisotopic (exact) mass is 688 g/mol. The molecule has 0 bridgehead atoms. The summed E-state index contributed by atoms with van der Waals surface area (Å²) in [7, 11) is -1.69. The molecular weight excluding hydrogens is 646 g/mol. The lowest BCUT2D eigenvalue weighted by Crippen LogP contribution is -2.62. The summed E-state index contributed by atoms with van der Waals surface area (Å²) in [4.78, 5) is 0. The Bertz CT molecular complexity index is 1900. The minimum Gasteiger partial charge on any atom is -0.451 e. The molecule has 0 N–H and O–H groups in total. The summed E-state index contributed by atoms with van der Waals surface area (Å²) < 4.78 is 15.4. The van der Waals surface area contributed by atoms with Crippen LogP contribution >= 0.6 is 15.8 Å². The van der Waals surface area contributed by atoms with Crippen LogP contribution in [0.1, 0.15) is 41.5 Å². The van der Waals surface area contributed by atoms with Crippen LogP contribution in [0.4, 0.5) is 0 Å². The Morgan fingerprint density at radius 2 is 0.800 bits per heavy atom. The van der Waals surface area contributed by atoms with Crippen molar-refractivity contribution in [2.24, 2.45) is 11.8 Å². The predicted molar refractivity (Wildman–Crippen MR) is 212 cm³/mol. The molecule has 0 unspecified atom stereocenters. The normalized spacial score (nSPS) is 20.6. The molecule has 9 rings (SSSR count). The molecule has 1 fully saturated rings. The molecule has 2 aliphatic heterocycles. The van der Waals surface area contributed by atoms with E-state index in [0.29, 0.717) is 11.8 Å². The van der Waals surface area contributed by atoms with Gasteiger partial charge in [-0.25, -0.2) is 0 Å². The lowest BCUT2D eigenvalue weighted by Gasteiger charge is -2.54. The van der Waals surface area contributed by atoms with E-state index >= 15 is 0 Å². The maximum Gasteiger partial charge on any atom is 0.257 e. The number of hydrogen-bond acceptors (Lipinski definition) is 2. The van der Waals surface area contributed by atoms with Gasteiger partial charge in [-0.1, -0.05) is 152 Å². The average molecular weight is 689 g/mol. The van der Waals surface area contributed by atoms with Crippen LogP contribution in [0.3, 0.4) is 0 Å². The SMILES string of the molecule is Cc1ccc2c(c1P(c1ccccc1)c1ccccc1)OC13Oc4c(ccc(C)c4P(c4ccccc4)c4ccccc4)C[C@H]1CCC[C@@H]3C2. The van der Waals surface area contributed by atoms with Crippen LogP contribution in [-0.2, 0) is 12.8 Å². The number of aryl methyl sites for hydroxylation is 2. The van der Waals surface area contributed by atoms with Crippen LogP contribution in [-0.4, -0.2) is 5.79 Å². The standard InChI is InChI=1S/C46H42O2P2/c1-32-26-28-34-30-36-16-15-17-37-31-35-29-27-33(2)45(50(40-22-11-5-12-23-40)41-24-13-6-14-25-41)43(35)48-46(36,37)47-42(34)44(32)49(38-18-7-3-8-19-38)39-20-9-4-10-21-39/h3-14,18-29,36-37H,15-17,30-31H2,1-2H3/t36-,37-,46?/m1/s1. The van der Waals surface area contributed by atoms with Crippen molar-refractivity contribution in [3.63, 3.8) is 0 Å². The van der Waals surface area contributed by atoms with Gasteiger partial charge in [0.25, 0.3) is 5.79 Å². The van der Waals surface area contributed by atoms with Gasteiger partial charge in [0, 0.05) is 22.4 Å². The fourth-order valence-electron chi connectivity index (χ4n) is 8.69. The zero-order valence-electron chi connectivity index (χ0n) is 28.8. The van der Waals surface area contributed by atoms with E-state index in [-0.39, 0.29) is 0 Å². The Labute approximate surface area is 299 Å². The zero-order chi connectivity index (χ0) is 33.7. The van der Waals surface area contributed by atoms with Crippen LogP contribution in [0.2, 0.25) is 0 Å². The minimum atomic E-state index is -0.846. The molecule has 248 valence electrons. The maximum absolute atomic E-state index is 7.71. The van der Waals surface area contributed by atoms with E-state index in [9.17, 15) is 0 Å². The van der Waals surface area contributed by atoms with Crippen LogP contribution in [0.5, 0.6) is 11.5 Å². The van der Waals surface area contributed by atoms with Crippen LogP contribution in [0.15, 0.2) is 146 Å². The van der Waals surface area contributed by atoms with E-state index in [1.807, 2.05) is 0 Å². The van der Waals surface area contributed by atoms with Crippen molar-refractivity contribution >= 4 is 47.7 Å². The molecule has 6 aromatic carbocycles. The number of hydrogen-bond donors (Lipinski definition) is 0. The highest BCUT2D eigenvalue weighted by Crippen LogP contribution is 2.55. The van der Waals surface area contributed by atoms with E-state index in [1.165, 1.54) is 60.5 Å². The van der Waals surface area contributed by atoms with Crippen molar-refractivity contribution in [2.75, 3.05) is 0 Å². The molecule has 2 heterocycles. The second kappa shape index (κ2) is 13.2. The van der Waals surface area contributed by atoms with Gasteiger partial charge in [-0.2, -0.15) is 0 Å². The van der Waals surface area contributed by atoms with Crippen LogP contribution in [0, 0.1) is 25.7 Å². The van der Waals surface area contributed by atoms with Gasteiger partial charge in [-0.15, -0.1) is 0 Å². The lowest BCUT2D eigenvalue weighted by atomic mass is 9.68. The summed E-state index contributed by atoms with van der Waals surface area (Å²) in [5.74, 6) is 2.03.